The Hall–Kier alpha value is -0.260. The van der Waals surface area contributed by atoms with Gasteiger partial charge in [0, 0.05) is 0 Å². The van der Waals surface area contributed by atoms with Crippen LogP contribution in [0.1, 0.15) is 67.2 Å². The number of hydrogen-bond donors (Lipinski definition) is 0. The molecule has 92 valence electrons. The molecule has 1 aliphatic carbocycles. The van der Waals surface area contributed by atoms with Gasteiger partial charge in [-0.05, 0) is 37.0 Å². The van der Waals surface area contributed by atoms with E-state index in [1.807, 2.05) is 13.8 Å². The molecule has 0 nitrogen and oxygen atoms in total. The fourth-order valence-electron chi connectivity index (χ4n) is 1.80. The first kappa shape index (κ1) is 17.1. The van der Waals surface area contributed by atoms with Crippen LogP contribution in [-0.4, -0.2) is 0 Å². The quantitative estimate of drug-likeness (QED) is 0.490. The molecule has 0 saturated heterocycles. The Kier molecular flexibility index (Phi) is 13.5. The maximum atomic E-state index is 3.84. The van der Waals surface area contributed by atoms with Gasteiger partial charge in [0.25, 0.3) is 0 Å². The highest BCUT2D eigenvalue weighted by molar-refractivity contribution is 4.85. The number of allylic oxidation sites excluding steroid dienone is 1. The zero-order valence-corrected chi connectivity index (χ0v) is 11.8. The summed E-state index contributed by atoms with van der Waals surface area (Å²) in [6, 6.07) is 0. The Labute approximate surface area is 98.2 Å². The molecule has 3 unspecified atom stereocenters. The highest BCUT2D eigenvalue weighted by Gasteiger charge is 2.21. The third kappa shape index (κ3) is 8.72. The van der Waals surface area contributed by atoms with E-state index < -0.39 is 0 Å². The van der Waals surface area contributed by atoms with Crippen LogP contribution in [0.2, 0.25) is 0 Å². The van der Waals surface area contributed by atoms with Gasteiger partial charge in [0.05, 0.1) is 0 Å². The first-order valence-electron chi connectivity index (χ1n) is 6.78. The topological polar surface area (TPSA) is 0 Å². The minimum Gasteiger partial charge on any atom is -0.103 e. The third-order valence-electron chi connectivity index (χ3n) is 2.97. The molecule has 3 atom stereocenters. The second kappa shape index (κ2) is 11.8. The van der Waals surface area contributed by atoms with E-state index in [2.05, 4.69) is 40.3 Å². The van der Waals surface area contributed by atoms with E-state index >= 15 is 0 Å². The molecule has 0 heterocycles. The summed E-state index contributed by atoms with van der Waals surface area (Å²) >= 11 is 0. The monoisotopic (exact) mass is 212 g/mol. The predicted octanol–water partition coefficient (Wildman–Crippen LogP) is 5.69. The van der Waals surface area contributed by atoms with Gasteiger partial charge >= 0.3 is 0 Å². The van der Waals surface area contributed by atoms with Crippen molar-refractivity contribution in [1.29, 1.82) is 0 Å². The van der Waals surface area contributed by atoms with Crippen molar-refractivity contribution in [2.24, 2.45) is 17.8 Å². The Bertz CT molecular complexity index is 126. The summed E-state index contributed by atoms with van der Waals surface area (Å²) in [6.07, 6.45) is 7.51. The van der Waals surface area contributed by atoms with Crippen molar-refractivity contribution < 1.29 is 0 Å². The van der Waals surface area contributed by atoms with Crippen molar-refractivity contribution in [2.75, 3.05) is 0 Å². The van der Waals surface area contributed by atoms with Gasteiger partial charge in [0.15, 0.2) is 0 Å². The van der Waals surface area contributed by atoms with Crippen molar-refractivity contribution in [3.63, 3.8) is 0 Å². The Morgan fingerprint density at radius 3 is 1.87 bits per heavy atom. The summed E-state index contributed by atoms with van der Waals surface area (Å²) in [5, 5.41) is 0. The molecule has 1 rings (SSSR count). The van der Waals surface area contributed by atoms with Crippen LogP contribution >= 0.6 is 0 Å². The Morgan fingerprint density at radius 2 is 1.53 bits per heavy atom. The van der Waals surface area contributed by atoms with Crippen molar-refractivity contribution in [3.8, 4) is 0 Å². The molecule has 0 aromatic carbocycles. The van der Waals surface area contributed by atoms with Crippen LogP contribution in [0.4, 0.5) is 0 Å². The zero-order chi connectivity index (χ0) is 12.3. The molecule has 1 aliphatic rings. The lowest BCUT2D eigenvalue weighted by Gasteiger charge is -2.30. The fraction of sp³-hybridized carbons (Fsp3) is 0.867. The minimum absolute atomic E-state index is 0.811. The maximum Gasteiger partial charge on any atom is -0.0233 e. The third-order valence-corrected chi connectivity index (χ3v) is 2.97. The van der Waals surface area contributed by atoms with Crippen molar-refractivity contribution in [3.05, 3.63) is 12.7 Å². The van der Waals surface area contributed by atoms with Crippen molar-refractivity contribution >= 4 is 0 Å². The van der Waals surface area contributed by atoms with Gasteiger partial charge in [-0.2, -0.15) is 0 Å². The molecular weight excluding hydrogens is 180 g/mol. The average Bonchev–Trinajstić information content (AvgIpc) is 2.26. The second-order valence-corrected chi connectivity index (χ2v) is 4.47. The summed E-state index contributed by atoms with van der Waals surface area (Å²) in [4.78, 5) is 0. The normalized spacial score (nSPS) is 29.1. The lowest BCUT2D eigenvalue weighted by atomic mass is 9.76. The zero-order valence-electron chi connectivity index (χ0n) is 11.8. The average molecular weight is 212 g/mol. The van der Waals surface area contributed by atoms with E-state index in [1.165, 1.54) is 25.7 Å². The van der Waals surface area contributed by atoms with Crippen molar-refractivity contribution in [2.45, 2.75) is 67.2 Å². The first-order valence-corrected chi connectivity index (χ1v) is 6.78. The first-order chi connectivity index (χ1) is 7.15. The van der Waals surface area contributed by atoms with E-state index in [4.69, 9.17) is 0 Å². The van der Waals surface area contributed by atoms with Crippen LogP contribution in [0.3, 0.4) is 0 Å². The van der Waals surface area contributed by atoms with Crippen LogP contribution in [-0.2, 0) is 0 Å². The fourth-order valence-corrected chi connectivity index (χ4v) is 1.80. The van der Waals surface area contributed by atoms with E-state index in [0.29, 0.717) is 0 Å². The summed E-state index contributed by atoms with van der Waals surface area (Å²) < 4.78 is 0. The van der Waals surface area contributed by atoms with E-state index in [0.717, 1.165) is 17.8 Å². The SMILES string of the molecule is C=CC1CCC(C)C(C)C1.CC.CCC. The van der Waals surface area contributed by atoms with Gasteiger partial charge in [-0.15, -0.1) is 6.58 Å². The van der Waals surface area contributed by atoms with Crippen LogP contribution in [0.25, 0.3) is 0 Å². The molecule has 0 aliphatic heterocycles. The van der Waals surface area contributed by atoms with Gasteiger partial charge in [-0.25, -0.2) is 0 Å². The summed E-state index contributed by atoms with van der Waals surface area (Å²) in [7, 11) is 0. The van der Waals surface area contributed by atoms with Gasteiger partial charge < -0.3 is 0 Å². The minimum atomic E-state index is 0.811. The molecule has 15 heavy (non-hydrogen) atoms. The highest BCUT2D eigenvalue weighted by atomic mass is 14.3. The van der Waals surface area contributed by atoms with E-state index in [9.17, 15) is 0 Å². The van der Waals surface area contributed by atoms with Crippen molar-refractivity contribution in [1.82, 2.24) is 0 Å². The lowest BCUT2D eigenvalue weighted by molar-refractivity contribution is 0.237. The number of rotatable bonds is 1. The second-order valence-electron chi connectivity index (χ2n) is 4.47. The lowest BCUT2D eigenvalue weighted by Crippen LogP contribution is -2.19. The largest absolute Gasteiger partial charge is 0.103 e. The Balaban J connectivity index is 0. The molecule has 0 spiro atoms. The van der Waals surface area contributed by atoms with Crippen LogP contribution < -0.4 is 0 Å². The molecule has 1 fully saturated rings. The number of hydrogen-bond acceptors (Lipinski definition) is 0. The molecule has 0 amide bonds. The van der Waals surface area contributed by atoms with E-state index in [1.54, 1.807) is 0 Å². The molecule has 0 bridgehead atoms. The van der Waals surface area contributed by atoms with Gasteiger partial charge in [0.1, 0.15) is 0 Å². The standard InChI is InChI=1S/C10H18.C3H8.C2H6/c1-4-10-6-5-8(2)9(3)7-10;1-3-2;1-2/h4,8-10H,1,5-7H2,2-3H3;3H2,1-2H3;1-2H3. The van der Waals surface area contributed by atoms with Gasteiger partial charge in [0.2, 0.25) is 0 Å². The summed E-state index contributed by atoms with van der Waals surface area (Å²) in [6.45, 7) is 16.8. The van der Waals surface area contributed by atoms with Crippen LogP contribution in [0, 0.1) is 17.8 Å². The van der Waals surface area contributed by atoms with Gasteiger partial charge in [-0.1, -0.05) is 54.0 Å². The van der Waals surface area contributed by atoms with E-state index in [-0.39, 0.29) is 0 Å². The summed E-state index contributed by atoms with van der Waals surface area (Å²) in [5.74, 6) is 2.67. The highest BCUT2D eigenvalue weighted by Crippen LogP contribution is 2.33. The van der Waals surface area contributed by atoms with Crippen LogP contribution in [0.15, 0.2) is 12.7 Å². The molecule has 0 radical (unpaired) electrons. The molecule has 1 saturated carbocycles. The molecule has 0 aromatic rings. The molecule has 0 N–H and O–H groups in total. The maximum absolute atomic E-state index is 3.84. The Morgan fingerprint density at radius 1 is 1.07 bits per heavy atom. The molecule has 0 aromatic heterocycles. The van der Waals surface area contributed by atoms with Crippen LogP contribution in [0.5, 0.6) is 0 Å². The molecule has 0 heteroatoms. The predicted molar refractivity (Wildman–Crippen MR) is 73.2 cm³/mol. The molecular formula is C15H32. The smallest absolute Gasteiger partial charge is 0.0233 e. The summed E-state index contributed by atoms with van der Waals surface area (Å²) in [5.41, 5.74) is 0. The van der Waals surface area contributed by atoms with Gasteiger partial charge in [-0.3, -0.25) is 0 Å².